The second-order valence-electron chi connectivity index (χ2n) is 6.15. The molecule has 1 atom stereocenters. The summed E-state index contributed by atoms with van der Waals surface area (Å²) in [5, 5.41) is 5.59. The molecular weight excluding hydrogens is 320 g/mol. The third kappa shape index (κ3) is 5.76. The summed E-state index contributed by atoms with van der Waals surface area (Å²) >= 11 is 1.83. The van der Waals surface area contributed by atoms with Crippen LogP contribution in [0.1, 0.15) is 37.6 Å². The van der Waals surface area contributed by atoms with Gasteiger partial charge in [0.1, 0.15) is 0 Å². The van der Waals surface area contributed by atoms with Crippen LogP contribution in [0.2, 0.25) is 0 Å². The molecule has 1 fully saturated rings. The van der Waals surface area contributed by atoms with Crippen LogP contribution < -0.4 is 5.32 Å². The van der Waals surface area contributed by atoms with Gasteiger partial charge in [-0.3, -0.25) is 9.89 Å². The molecule has 5 nitrogen and oxygen atoms in total. The largest absolute Gasteiger partial charge is 0.379 e. The van der Waals surface area contributed by atoms with Crippen LogP contribution in [-0.2, 0) is 4.74 Å². The van der Waals surface area contributed by atoms with Crippen molar-refractivity contribution >= 4 is 17.3 Å². The van der Waals surface area contributed by atoms with Crippen molar-refractivity contribution in [2.75, 3.05) is 53.0 Å². The summed E-state index contributed by atoms with van der Waals surface area (Å²) in [4.78, 5) is 11.1. The lowest BCUT2D eigenvalue weighted by molar-refractivity contribution is 0.0186. The molecule has 0 spiro atoms. The first-order valence-electron chi connectivity index (χ1n) is 9.10. The molecule has 6 heteroatoms. The highest BCUT2D eigenvalue weighted by molar-refractivity contribution is 7.10. The van der Waals surface area contributed by atoms with Crippen molar-refractivity contribution in [2.45, 2.75) is 32.7 Å². The quantitative estimate of drug-likeness (QED) is 0.577. The fourth-order valence-corrected chi connectivity index (χ4v) is 3.75. The third-order valence-electron chi connectivity index (χ3n) is 4.32. The van der Waals surface area contributed by atoms with Gasteiger partial charge in [0.25, 0.3) is 0 Å². The molecule has 24 heavy (non-hydrogen) atoms. The number of nitrogens with zero attached hydrogens (tertiary/aromatic N) is 3. The van der Waals surface area contributed by atoms with E-state index in [4.69, 9.17) is 9.73 Å². The minimum atomic E-state index is 0.349. The fraction of sp³-hybridized carbons (Fsp3) is 0.722. The Labute approximate surface area is 150 Å². The fourth-order valence-electron chi connectivity index (χ4n) is 2.90. The maximum Gasteiger partial charge on any atom is 0.193 e. The van der Waals surface area contributed by atoms with Crippen molar-refractivity contribution in [3.05, 3.63) is 22.4 Å². The van der Waals surface area contributed by atoms with E-state index < -0.39 is 0 Å². The molecular formula is C18H32N4OS. The molecule has 1 N–H and O–H groups in total. The Bertz CT molecular complexity index is 471. The molecule has 0 amide bonds. The Morgan fingerprint density at radius 1 is 1.42 bits per heavy atom. The summed E-state index contributed by atoms with van der Waals surface area (Å²) in [6.45, 7) is 10.7. The van der Waals surface area contributed by atoms with Crippen molar-refractivity contribution in [2.24, 2.45) is 4.99 Å². The van der Waals surface area contributed by atoms with E-state index in [2.05, 4.69) is 53.5 Å². The van der Waals surface area contributed by atoms with Crippen LogP contribution in [0.15, 0.2) is 22.5 Å². The molecule has 1 saturated heterocycles. The topological polar surface area (TPSA) is 40.1 Å². The van der Waals surface area contributed by atoms with E-state index in [1.54, 1.807) is 0 Å². The summed E-state index contributed by atoms with van der Waals surface area (Å²) in [6, 6.07) is 4.71. The zero-order valence-electron chi connectivity index (χ0n) is 15.3. The number of nitrogens with one attached hydrogen (secondary N) is 1. The minimum absolute atomic E-state index is 0.349. The SMILES string of the molecule is CCCCN(C)C(=NCC(c1cccs1)N1CCOCC1)NCC. The van der Waals surface area contributed by atoms with Gasteiger partial charge in [0.15, 0.2) is 5.96 Å². The van der Waals surface area contributed by atoms with E-state index in [9.17, 15) is 0 Å². The zero-order valence-corrected chi connectivity index (χ0v) is 16.1. The molecule has 1 unspecified atom stereocenters. The summed E-state index contributed by atoms with van der Waals surface area (Å²) in [5.41, 5.74) is 0. The number of unbranched alkanes of at least 4 members (excludes halogenated alkanes) is 1. The maximum atomic E-state index is 5.52. The standard InChI is InChI=1S/C18H32N4OS/c1-4-6-9-21(3)18(19-5-2)20-15-16(17-8-7-14-24-17)22-10-12-23-13-11-22/h7-8,14,16H,4-6,9-13,15H2,1-3H3,(H,19,20). The lowest BCUT2D eigenvalue weighted by atomic mass is 10.2. The van der Waals surface area contributed by atoms with Crippen LogP contribution in [-0.4, -0.2) is 68.7 Å². The second kappa shape index (κ2) is 10.7. The molecule has 1 aliphatic heterocycles. The third-order valence-corrected chi connectivity index (χ3v) is 5.29. The van der Waals surface area contributed by atoms with Gasteiger partial charge < -0.3 is 15.0 Å². The van der Waals surface area contributed by atoms with Crippen LogP contribution in [0.3, 0.4) is 0 Å². The first-order chi connectivity index (χ1) is 11.8. The van der Waals surface area contributed by atoms with Crippen molar-refractivity contribution < 1.29 is 4.74 Å². The molecule has 0 bridgehead atoms. The highest BCUT2D eigenvalue weighted by Gasteiger charge is 2.23. The van der Waals surface area contributed by atoms with Crippen molar-refractivity contribution in [1.29, 1.82) is 0 Å². The van der Waals surface area contributed by atoms with Crippen LogP contribution >= 0.6 is 11.3 Å². The number of rotatable bonds is 8. The molecule has 0 aliphatic carbocycles. The van der Waals surface area contributed by atoms with Gasteiger partial charge in [-0.15, -0.1) is 11.3 Å². The van der Waals surface area contributed by atoms with Crippen LogP contribution in [0, 0.1) is 0 Å². The number of hydrogen-bond acceptors (Lipinski definition) is 4. The maximum absolute atomic E-state index is 5.52. The highest BCUT2D eigenvalue weighted by atomic mass is 32.1. The van der Waals surface area contributed by atoms with Gasteiger partial charge in [0.2, 0.25) is 0 Å². The molecule has 1 aliphatic rings. The van der Waals surface area contributed by atoms with Gasteiger partial charge in [0, 0.05) is 38.1 Å². The van der Waals surface area contributed by atoms with E-state index in [-0.39, 0.29) is 0 Å². The predicted octanol–water partition coefficient (Wildman–Crippen LogP) is 2.82. The Kier molecular flexibility index (Phi) is 8.56. The van der Waals surface area contributed by atoms with E-state index in [0.29, 0.717) is 6.04 Å². The van der Waals surface area contributed by atoms with E-state index >= 15 is 0 Å². The number of aliphatic imine (C=N–C) groups is 1. The number of thiophene rings is 1. The average Bonchev–Trinajstić information content (AvgIpc) is 3.14. The van der Waals surface area contributed by atoms with Crippen molar-refractivity contribution in [3.8, 4) is 0 Å². The Balaban J connectivity index is 2.07. The van der Waals surface area contributed by atoms with Crippen molar-refractivity contribution in [3.63, 3.8) is 0 Å². The van der Waals surface area contributed by atoms with Crippen LogP contribution in [0.4, 0.5) is 0 Å². The molecule has 2 heterocycles. The summed E-state index contributed by atoms with van der Waals surface area (Å²) in [5.74, 6) is 1.01. The van der Waals surface area contributed by atoms with Crippen molar-refractivity contribution in [1.82, 2.24) is 15.1 Å². The van der Waals surface area contributed by atoms with Gasteiger partial charge >= 0.3 is 0 Å². The smallest absolute Gasteiger partial charge is 0.193 e. The molecule has 0 radical (unpaired) electrons. The number of hydrogen-bond donors (Lipinski definition) is 1. The molecule has 1 aromatic rings. The first kappa shape index (κ1) is 19.2. The van der Waals surface area contributed by atoms with E-state index in [1.807, 2.05) is 11.3 Å². The summed E-state index contributed by atoms with van der Waals surface area (Å²) < 4.78 is 5.52. The average molecular weight is 353 g/mol. The van der Waals surface area contributed by atoms with Gasteiger partial charge in [0.05, 0.1) is 25.8 Å². The molecule has 2 rings (SSSR count). The molecule has 0 saturated carbocycles. The normalized spacial score (nSPS) is 17.7. The second-order valence-corrected chi connectivity index (χ2v) is 7.13. The minimum Gasteiger partial charge on any atom is -0.379 e. The monoisotopic (exact) mass is 352 g/mol. The van der Waals surface area contributed by atoms with E-state index in [0.717, 1.165) is 51.9 Å². The van der Waals surface area contributed by atoms with Crippen LogP contribution in [0.5, 0.6) is 0 Å². The van der Waals surface area contributed by atoms with Gasteiger partial charge in [-0.05, 0) is 24.8 Å². The number of ether oxygens (including phenoxy) is 1. The lowest BCUT2D eigenvalue weighted by Crippen LogP contribution is -2.42. The highest BCUT2D eigenvalue weighted by Crippen LogP contribution is 2.26. The van der Waals surface area contributed by atoms with Crippen LogP contribution in [0.25, 0.3) is 0 Å². The van der Waals surface area contributed by atoms with E-state index in [1.165, 1.54) is 17.7 Å². The first-order valence-corrected chi connectivity index (χ1v) is 9.98. The van der Waals surface area contributed by atoms with Gasteiger partial charge in [-0.25, -0.2) is 0 Å². The number of guanidine groups is 1. The molecule has 0 aromatic carbocycles. The molecule has 1 aromatic heterocycles. The molecule has 136 valence electrons. The lowest BCUT2D eigenvalue weighted by Gasteiger charge is -2.33. The Hall–Kier alpha value is -1.11. The number of morpholine rings is 1. The zero-order chi connectivity index (χ0) is 17.2. The summed E-state index contributed by atoms with van der Waals surface area (Å²) in [6.07, 6.45) is 2.40. The Morgan fingerprint density at radius 3 is 2.83 bits per heavy atom. The van der Waals surface area contributed by atoms with Gasteiger partial charge in [-0.2, -0.15) is 0 Å². The Morgan fingerprint density at radius 2 is 2.21 bits per heavy atom. The predicted molar refractivity (Wildman–Crippen MR) is 103 cm³/mol. The van der Waals surface area contributed by atoms with Gasteiger partial charge in [-0.1, -0.05) is 19.4 Å². The summed E-state index contributed by atoms with van der Waals surface area (Å²) in [7, 11) is 2.13.